The Kier molecular flexibility index (Phi) is 6.81. The first-order valence-electron chi connectivity index (χ1n) is 8.00. The highest BCUT2D eigenvalue weighted by molar-refractivity contribution is 6.40. The number of hydrogen-bond acceptors (Lipinski definition) is 5. The van der Waals surface area contributed by atoms with Crippen LogP contribution < -0.4 is 16.0 Å². The second-order valence-electron chi connectivity index (χ2n) is 5.60. The molecule has 0 saturated heterocycles. The molecule has 2 rings (SSSR count). The molecule has 1 atom stereocenters. The lowest BCUT2D eigenvalue weighted by Crippen LogP contribution is -2.39. The number of aromatic nitrogens is 1. The van der Waals surface area contributed by atoms with Gasteiger partial charge >= 0.3 is 11.8 Å². The number of rotatable bonds is 6. The predicted octanol–water partition coefficient (Wildman–Crippen LogP) is 0.447. The van der Waals surface area contributed by atoms with Crippen molar-refractivity contribution in [1.82, 2.24) is 15.6 Å². The van der Waals surface area contributed by atoms with Crippen molar-refractivity contribution >= 4 is 23.4 Å². The molecule has 4 N–H and O–H groups in total. The Hall–Kier alpha value is -3.26. The van der Waals surface area contributed by atoms with Crippen LogP contribution in [-0.2, 0) is 16.1 Å². The quantitative estimate of drug-likeness (QED) is 0.560. The second-order valence-corrected chi connectivity index (χ2v) is 5.60. The average Bonchev–Trinajstić information content (AvgIpc) is 2.65. The third kappa shape index (κ3) is 5.67. The van der Waals surface area contributed by atoms with E-state index in [0.717, 1.165) is 5.56 Å². The number of anilines is 1. The average molecular weight is 356 g/mol. The van der Waals surface area contributed by atoms with E-state index in [0.29, 0.717) is 6.54 Å². The molecule has 0 bridgehead atoms. The van der Waals surface area contributed by atoms with Crippen LogP contribution >= 0.6 is 0 Å². The van der Waals surface area contributed by atoms with Crippen LogP contribution in [0.3, 0.4) is 0 Å². The number of aliphatic hydroxyl groups excluding tert-OH is 1. The normalized spacial score (nSPS) is 11.3. The molecule has 1 aromatic heterocycles. The lowest BCUT2D eigenvalue weighted by Gasteiger charge is -2.12. The van der Waals surface area contributed by atoms with Gasteiger partial charge in [0.05, 0.1) is 17.4 Å². The van der Waals surface area contributed by atoms with Gasteiger partial charge in [-0.2, -0.15) is 0 Å². The predicted molar refractivity (Wildman–Crippen MR) is 95.2 cm³/mol. The molecule has 0 aliphatic carbocycles. The van der Waals surface area contributed by atoms with Gasteiger partial charge in [-0.1, -0.05) is 12.1 Å². The Morgan fingerprint density at radius 1 is 1.04 bits per heavy atom. The zero-order valence-corrected chi connectivity index (χ0v) is 14.2. The van der Waals surface area contributed by atoms with Crippen molar-refractivity contribution in [1.29, 1.82) is 0 Å². The van der Waals surface area contributed by atoms with Crippen molar-refractivity contribution in [2.75, 3.05) is 11.9 Å². The molecule has 8 nitrogen and oxygen atoms in total. The van der Waals surface area contributed by atoms with Crippen LogP contribution in [0.15, 0.2) is 48.8 Å². The van der Waals surface area contributed by atoms with E-state index in [4.69, 9.17) is 5.11 Å². The highest BCUT2D eigenvalue weighted by Crippen LogP contribution is 2.15. The van der Waals surface area contributed by atoms with E-state index >= 15 is 0 Å². The Balaban J connectivity index is 2.01. The summed E-state index contributed by atoms with van der Waals surface area (Å²) < 4.78 is 0. The molecule has 0 radical (unpaired) electrons. The highest BCUT2D eigenvalue weighted by atomic mass is 16.3. The zero-order chi connectivity index (χ0) is 18.9. The van der Waals surface area contributed by atoms with Gasteiger partial charge in [0.2, 0.25) is 0 Å². The monoisotopic (exact) mass is 356 g/mol. The van der Waals surface area contributed by atoms with Crippen molar-refractivity contribution in [3.63, 3.8) is 0 Å². The fraction of sp³-hybridized carbons (Fsp3) is 0.222. The molecule has 0 unspecified atom stereocenters. The van der Waals surface area contributed by atoms with Crippen LogP contribution in [-0.4, -0.2) is 40.5 Å². The molecule has 26 heavy (non-hydrogen) atoms. The van der Waals surface area contributed by atoms with Crippen molar-refractivity contribution < 1.29 is 19.5 Å². The molecule has 0 spiro atoms. The second kappa shape index (κ2) is 9.28. The summed E-state index contributed by atoms with van der Waals surface area (Å²) in [5.74, 6) is -2.19. The third-order valence-corrected chi connectivity index (χ3v) is 3.39. The van der Waals surface area contributed by atoms with Gasteiger partial charge in [0.15, 0.2) is 0 Å². The minimum Gasteiger partial charge on any atom is -0.392 e. The van der Waals surface area contributed by atoms with Gasteiger partial charge < -0.3 is 21.1 Å². The fourth-order valence-corrected chi connectivity index (χ4v) is 2.07. The lowest BCUT2D eigenvalue weighted by atomic mass is 10.1. The van der Waals surface area contributed by atoms with E-state index in [2.05, 4.69) is 20.9 Å². The third-order valence-electron chi connectivity index (χ3n) is 3.39. The van der Waals surface area contributed by atoms with E-state index in [-0.39, 0.29) is 23.7 Å². The summed E-state index contributed by atoms with van der Waals surface area (Å²) in [7, 11) is 0. The van der Waals surface area contributed by atoms with E-state index in [1.807, 2.05) is 0 Å². The molecule has 1 heterocycles. The highest BCUT2D eigenvalue weighted by Gasteiger charge is 2.18. The number of pyridine rings is 1. The lowest BCUT2D eigenvalue weighted by molar-refractivity contribution is -0.136. The maximum absolute atomic E-state index is 12.4. The van der Waals surface area contributed by atoms with Crippen LogP contribution in [0.4, 0.5) is 5.69 Å². The first kappa shape index (κ1) is 19.1. The number of hydrogen-bond donors (Lipinski definition) is 4. The summed E-state index contributed by atoms with van der Waals surface area (Å²) in [6.07, 6.45) is 2.49. The van der Waals surface area contributed by atoms with Gasteiger partial charge in [-0.15, -0.1) is 0 Å². The van der Waals surface area contributed by atoms with Crippen LogP contribution in [0.2, 0.25) is 0 Å². The van der Waals surface area contributed by atoms with E-state index in [9.17, 15) is 14.4 Å². The maximum atomic E-state index is 12.4. The molecule has 0 aliphatic heterocycles. The van der Waals surface area contributed by atoms with Gasteiger partial charge in [0.1, 0.15) is 0 Å². The molecule has 136 valence electrons. The minimum atomic E-state index is -0.917. The number of para-hydroxylation sites is 1. The smallest absolute Gasteiger partial charge is 0.313 e. The number of carbonyl (C=O) groups is 3. The van der Waals surface area contributed by atoms with Crippen LogP contribution in [0, 0.1) is 0 Å². The molecule has 0 aliphatic rings. The van der Waals surface area contributed by atoms with E-state index in [1.54, 1.807) is 42.7 Å². The number of amides is 3. The molecule has 3 amide bonds. The van der Waals surface area contributed by atoms with Gasteiger partial charge in [0.25, 0.3) is 5.91 Å². The first-order chi connectivity index (χ1) is 12.5. The number of nitrogens with zero attached hydrogens (tertiary/aromatic N) is 1. The number of benzene rings is 1. The topological polar surface area (TPSA) is 120 Å². The van der Waals surface area contributed by atoms with E-state index < -0.39 is 17.9 Å². The van der Waals surface area contributed by atoms with Crippen LogP contribution in [0.1, 0.15) is 22.8 Å². The summed E-state index contributed by atoms with van der Waals surface area (Å²) in [5.41, 5.74) is 1.34. The largest absolute Gasteiger partial charge is 0.392 e. The maximum Gasteiger partial charge on any atom is 0.313 e. The van der Waals surface area contributed by atoms with Gasteiger partial charge in [-0.25, -0.2) is 0 Å². The summed E-state index contributed by atoms with van der Waals surface area (Å²) in [6.45, 7) is 1.75. The Morgan fingerprint density at radius 3 is 2.42 bits per heavy atom. The van der Waals surface area contributed by atoms with Gasteiger partial charge in [-0.3, -0.25) is 19.4 Å². The molecule has 1 aromatic carbocycles. The molecule has 0 fully saturated rings. The van der Waals surface area contributed by atoms with Crippen molar-refractivity contribution in [2.24, 2.45) is 0 Å². The number of carbonyl (C=O) groups excluding carboxylic acids is 3. The number of nitrogens with one attached hydrogen (secondary N) is 3. The SMILES string of the molecule is C[C@H](O)CNC(=O)C(=O)Nc1ccccc1C(=O)NCc1ccncc1. The molecule has 0 saturated carbocycles. The van der Waals surface area contributed by atoms with E-state index in [1.165, 1.54) is 13.0 Å². The molecule has 8 heteroatoms. The fourth-order valence-electron chi connectivity index (χ4n) is 2.07. The van der Waals surface area contributed by atoms with Gasteiger partial charge in [0, 0.05) is 25.5 Å². The molecule has 2 aromatic rings. The van der Waals surface area contributed by atoms with Crippen molar-refractivity contribution in [3.8, 4) is 0 Å². The summed E-state index contributed by atoms with van der Waals surface area (Å²) in [4.78, 5) is 39.9. The summed E-state index contributed by atoms with van der Waals surface area (Å²) >= 11 is 0. The summed E-state index contributed by atoms with van der Waals surface area (Å²) in [5, 5.41) is 16.6. The van der Waals surface area contributed by atoms with Gasteiger partial charge in [-0.05, 0) is 36.8 Å². The van der Waals surface area contributed by atoms with Crippen LogP contribution in [0.25, 0.3) is 0 Å². The Bertz CT molecular complexity index is 778. The number of aliphatic hydroxyl groups is 1. The van der Waals surface area contributed by atoms with Crippen molar-refractivity contribution in [3.05, 3.63) is 59.9 Å². The van der Waals surface area contributed by atoms with Crippen molar-refractivity contribution in [2.45, 2.75) is 19.6 Å². The Labute approximate surface area is 150 Å². The molecular formula is C18H20N4O4. The zero-order valence-electron chi connectivity index (χ0n) is 14.2. The first-order valence-corrected chi connectivity index (χ1v) is 8.00. The molecular weight excluding hydrogens is 336 g/mol. The summed E-state index contributed by atoms with van der Waals surface area (Å²) in [6, 6.07) is 9.93. The Morgan fingerprint density at radius 2 is 1.73 bits per heavy atom. The standard InChI is InChI=1S/C18H20N4O4/c1-12(23)10-20-17(25)18(26)22-15-5-3-2-4-14(15)16(24)21-11-13-6-8-19-9-7-13/h2-9,12,23H,10-11H2,1H3,(H,20,25)(H,21,24)(H,22,26)/t12-/m0/s1. The van der Waals surface area contributed by atoms with Crippen LogP contribution in [0.5, 0.6) is 0 Å². The minimum absolute atomic E-state index is 0.0414.